The Morgan fingerprint density at radius 1 is 1.18 bits per heavy atom. The van der Waals surface area contributed by atoms with Crippen LogP contribution in [0.2, 0.25) is 5.02 Å². The van der Waals surface area contributed by atoms with Crippen LogP contribution in [0.3, 0.4) is 0 Å². The Morgan fingerprint density at radius 3 is 2.65 bits per heavy atom. The number of hydrogen-bond acceptors (Lipinski definition) is 5. The zero-order valence-corrected chi connectivity index (χ0v) is 18.5. The second-order valence-electron chi connectivity index (χ2n) is 8.52. The number of nitrogens with zero attached hydrogens (tertiary/aromatic N) is 2. The van der Waals surface area contributed by atoms with Gasteiger partial charge >= 0.3 is 6.16 Å². The number of carbonyl (C=O) groups is 1. The highest BCUT2D eigenvalue weighted by atomic mass is 35.5. The summed E-state index contributed by atoms with van der Waals surface area (Å²) in [6, 6.07) is 6.04. The Morgan fingerprint density at radius 2 is 1.94 bits per heavy atom. The van der Waals surface area contributed by atoms with Crippen LogP contribution < -0.4 is 20.8 Å². The molecule has 0 radical (unpaired) electrons. The largest absolute Gasteiger partial charge is 0.511 e. The highest BCUT2D eigenvalue weighted by Gasteiger charge is 2.38. The third-order valence-corrected chi connectivity index (χ3v) is 6.91. The van der Waals surface area contributed by atoms with Crippen molar-refractivity contribution in [2.24, 2.45) is 17.6 Å². The molecule has 5 rings (SSSR count). The van der Waals surface area contributed by atoms with Gasteiger partial charge in [0.1, 0.15) is 11.6 Å². The summed E-state index contributed by atoms with van der Waals surface area (Å²) >= 11 is 6.82. The highest BCUT2D eigenvalue weighted by Crippen LogP contribution is 2.40. The van der Waals surface area contributed by atoms with Crippen molar-refractivity contribution in [2.45, 2.75) is 12.5 Å². The number of rotatable bonds is 3. The molecule has 1 fully saturated rings. The molecule has 176 valence electrons. The van der Waals surface area contributed by atoms with Gasteiger partial charge in [-0.15, -0.1) is 0 Å². The lowest BCUT2D eigenvalue weighted by Crippen LogP contribution is -2.35. The molecule has 10 heteroatoms. The maximum absolute atomic E-state index is 14.8. The highest BCUT2D eigenvalue weighted by molar-refractivity contribution is 6.38. The Balaban J connectivity index is 1.71. The number of aromatic nitrogens is 1. The Bertz CT molecular complexity index is 1410. The maximum Gasteiger partial charge on any atom is 0.511 e. The van der Waals surface area contributed by atoms with E-state index in [9.17, 15) is 18.4 Å². The third-order valence-electron chi connectivity index (χ3n) is 6.54. The summed E-state index contributed by atoms with van der Waals surface area (Å²) in [4.78, 5) is 26.2. The van der Waals surface area contributed by atoms with E-state index in [1.54, 1.807) is 6.07 Å². The summed E-state index contributed by atoms with van der Waals surface area (Å²) in [7, 11) is 0. The molecular formula is C24H20ClF2N3O4. The van der Waals surface area contributed by atoms with Crippen LogP contribution >= 0.6 is 11.6 Å². The molecule has 0 spiro atoms. The molecule has 2 aromatic carbocycles. The lowest BCUT2D eigenvalue weighted by molar-refractivity contribution is 0.144. The number of ether oxygens (including phenoxy) is 1. The summed E-state index contributed by atoms with van der Waals surface area (Å²) in [6.45, 7) is 1.38. The van der Waals surface area contributed by atoms with E-state index < -0.39 is 29.0 Å². The summed E-state index contributed by atoms with van der Waals surface area (Å²) < 4.78 is 34.2. The summed E-state index contributed by atoms with van der Waals surface area (Å²) in [5.41, 5.74) is 6.22. The first-order valence-corrected chi connectivity index (χ1v) is 11.0. The van der Waals surface area contributed by atoms with E-state index in [4.69, 9.17) is 22.4 Å². The first-order chi connectivity index (χ1) is 16.2. The predicted octanol–water partition coefficient (Wildman–Crippen LogP) is 4.32. The van der Waals surface area contributed by atoms with E-state index in [-0.39, 0.29) is 33.6 Å². The molecule has 2 heterocycles. The zero-order valence-electron chi connectivity index (χ0n) is 17.7. The van der Waals surface area contributed by atoms with E-state index in [0.717, 1.165) is 18.7 Å². The van der Waals surface area contributed by atoms with E-state index in [1.165, 1.54) is 16.7 Å². The van der Waals surface area contributed by atoms with Crippen LogP contribution in [-0.4, -0.2) is 35.0 Å². The smallest absolute Gasteiger partial charge is 0.449 e. The van der Waals surface area contributed by atoms with E-state index in [1.807, 2.05) is 6.08 Å². The molecule has 34 heavy (non-hydrogen) atoms. The molecule has 0 amide bonds. The second-order valence-corrected chi connectivity index (χ2v) is 8.90. The van der Waals surface area contributed by atoms with Gasteiger partial charge in [0.2, 0.25) is 5.43 Å². The number of allylic oxidation sites excluding steroid dienone is 1. The fourth-order valence-electron chi connectivity index (χ4n) is 4.96. The number of fused-ring (bicyclic) bond motifs is 2. The minimum atomic E-state index is -1.70. The third kappa shape index (κ3) is 3.70. The number of anilines is 1. The van der Waals surface area contributed by atoms with Crippen molar-refractivity contribution in [3.8, 4) is 11.4 Å². The minimum absolute atomic E-state index is 0.0335. The number of hydrogen-bond donors (Lipinski definition) is 2. The first kappa shape index (κ1) is 22.4. The molecule has 3 unspecified atom stereocenters. The lowest BCUT2D eigenvalue weighted by Gasteiger charge is -2.25. The quantitative estimate of drug-likeness (QED) is 0.422. The van der Waals surface area contributed by atoms with Crippen LogP contribution in [0.1, 0.15) is 6.42 Å². The van der Waals surface area contributed by atoms with Crippen LogP contribution in [-0.2, 0) is 0 Å². The molecule has 3 aromatic rings. The van der Waals surface area contributed by atoms with E-state index in [0.29, 0.717) is 30.8 Å². The van der Waals surface area contributed by atoms with E-state index >= 15 is 0 Å². The molecule has 7 nitrogen and oxygen atoms in total. The minimum Gasteiger partial charge on any atom is -0.449 e. The van der Waals surface area contributed by atoms with Crippen molar-refractivity contribution in [3.05, 3.63) is 75.6 Å². The van der Waals surface area contributed by atoms with Crippen molar-refractivity contribution in [3.63, 3.8) is 0 Å². The summed E-state index contributed by atoms with van der Waals surface area (Å²) in [5.74, 6) is -1.63. The zero-order chi connectivity index (χ0) is 24.1. The van der Waals surface area contributed by atoms with Crippen LogP contribution in [0.25, 0.3) is 16.6 Å². The fourth-order valence-corrected chi connectivity index (χ4v) is 5.33. The van der Waals surface area contributed by atoms with E-state index in [2.05, 4.69) is 15.7 Å². The van der Waals surface area contributed by atoms with Crippen molar-refractivity contribution in [2.75, 3.05) is 18.0 Å². The molecule has 3 N–H and O–H groups in total. The Hall–Kier alpha value is -3.43. The van der Waals surface area contributed by atoms with Crippen molar-refractivity contribution in [1.82, 2.24) is 4.57 Å². The molecule has 2 aliphatic rings. The second kappa shape index (κ2) is 8.41. The molecule has 0 saturated carbocycles. The summed E-state index contributed by atoms with van der Waals surface area (Å²) in [5, 5.41) is 9.25. The SMILES string of the molecule is NC1C=CCC2CN(c3ccc4c(=O)c(OC(=O)O)cn(-c5ccc(F)cc5F)c4c3Cl)CC12. The summed E-state index contributed by atoms with van der Waals surface area (Å²) in [6.07, 6.45) is 4.34. The number of halogens is 3. The van der Waals surface area contributed by atoms with Crippen LogP contribution in [0.5, 0.6) is 5.75 Å². The Kier molecular flexibility index (Phi) is 5.53. The van der Waals surface area contributed by atoms with Gasteiger partial charge in [0.15, 0.2) is 5.75 Å². The molecule has 1 aliphatic carbocycles. The molecule has 1 aromatic heterocycles. The van der Waals surface area contributed by atoms with Crippen LogP contribution in [0, 0.1) is 23.5 Å². The molecule has 0 bridgehead atoms. The van der Waals surface area contributed by atoms with Gasteiger partial charge in [0.05, 0.1) is 33.5 Å². The average molecular weight is 488 g/mol. The topological polar surface area (TPSA) is 97.8 Å². The van der Waals surface area contributed by atoms with Crippen LogP contribution in [0.15, 0.2) is 53.5 Å². The maximum atomic E-state index is 14.8. The van der Waals surface area contributed by atoms with Crippen molar-refractivity contribution < 1.29 is 23.4 Å². The van der Waals surface area contributed by atoms with Gasteiger partial charge < -0.3 is 25.0 Å². The number of benzene rings is 2. The van der Waals surface area contributed by atoms with Gasteiger partial charge in [0, 0.05) is 25.2 Å². The van der Waals surface area contributed by atoms with Gasteiger partial charge in [-0.1, -0.05) is 23.8 Å². The van der Waals surface area contributed by atoms with Gasteiger partial charge in [-0.25, -0.2) is 13.6 Å². The molecule has 3 atom stereocenters. The lowest BCUT2D eigenvalue weighted by atomic mass is 9.83. The van der Waals surface area contributed by atoms with Gasteiger partial charge in [0.25, 0.3) is 0 Å². The Labute approximate surface area is 197 Å². The number of carboxylic acid groups (broad SMARTS) is 1. The molecular weight excluding hydrogens is 468 g/mol. The number of pyridine rings is 1. The molecule has 1 aliphatic heterocycles. The van der Waals surface area contributed by atoms with Crippen molar-refractivity contribution >= 4 is 34.3 Å². The van der Waals surface area contributed by atoms with Gasteiger partial charge in [-0.05, 0) is 42.5 Å². The predicted molar refractivity (Wildman–Crippen MR) is 124 cm³/mol. The monoisotopic (exact) mass is 487 g/mol. The van der Waals surface area contributed by atoms with Gasteiger partial charge in [-0.3, -0.25) is 4.79 Å². The standard InChI is InChI=1S/C24H20ClF2N3O4/c25-21-19(29-9-12-2-1-3-17(28)15(12)10-29)7-5-14-22(21)30(11-20(23(14)31)34-24(32)33)18-6-4-13(26)8-16(18)27/h1,3-8,11-12,15,17H,2,9-10,28H2,(H,32,33). The van der Waals surface area contributed by atoms with Crippen molar-refractivity contribution in [1.29, 1.82) is 0 Å². The van der Waals surface area contributed by atoms with Crippen LogP contribution in [0.4, 0.5) is 19.3 Å². The molecule has 1 saturated heterocycles. The average Bonchev–Trinajstić information content (AvgIpc) is 3.21. The van der Waals surface area contributed by atoms with Gasteiger partial charge in [-0.2, -0.15) is 0 Å². The normalized spacial score (nSPS) is 21.6. The fraction of sp³-hybridized carbons (Fsp3) is 0.250. The number of nitrogens with two attached hydrogens (primary N) is 1. The first-order valence-electron chi connectivity index (χ1n) is 10.7.